The summed E-state index contributed by atoms with van der Waals surface area (Å²) in [7, 11) is 0. The first kappa shape index (κ1) is 18.4. The molecule has 1 aliphatic heterocycles. The maximum absolute atomic E-state index is 5.88. The van der Waals surface area contributed by atoms with Gasteiger partial charge in [0, 0.05) is 13.1 Å². The van der Waals surface area contributed by atoms with Crippen molar-refractivity contribution in [1.82, 2.24) is 4.90 Å². The Morgan fingerprint density at radius 2 is 2.05 bits per heavy atom. The molecule has 3 heteroatoms. The van der Waals surface area contributed by atoms with Gasteiger partial charge in [-0.3, -0.25) is 0 Å². The van der Waals surface area contributed by atoms with Crippen LogP contribution >= 0.6 is 0 Å². The first-order chi connectivity index (χ1) is 10.2. The predicted octanol–water partition coefficient (Wildman–Crippen LogP) is 4.50. The molecule has 1 rings (SSSR count). The van der Waals surface area contributed by atoms with Crippen LogP contribution in [0.4, 0.5) is 0 Å². The van der Waals surface area contributed by atoms with E-state index in [-0.39, 0.29) is 5.60 Å². The van der Waals surface area contributed by atoms with Crippen molar-refractivity contribution in [2.24, 2.45) is 4.99 Å². The first-order valence-corrected chi connectivity index (χ1v) is 7.89. The number of ether oxygens (including phenoxy) is 1. The Bertz CT molecular complexity index is 528. The molecule has 3 nitrogen and oxygen atoms in total. The summed E-state index contributed by atoms with van der Waals surface area (Å²) in [4.78, 5) is 6.87. The van der Waals surface area contributed by atoms with E-state index < -0.39 is 0 Å². The molecule has 1 unspecified atom stereocenters. The van der Waals surface area contributed by atoms with Crippen LogP contribution in [0.15, 0.2) is 53.2 Å². The molecule has 0 aliphatic carbocycles. The van der Waals surface area contributed by atoms with Crippen molar-refractivity contribution in [3.05, 3.63) is 48.2 Å². The van der Waals surface area contributed by atoms with Gasteiger partial charge in [-0.2, -0.15) is 0 Å². The lowest BCUT2D eigenvalue weighted by Gasteiger charge is -2.30. The molecule has 0 N–H and O–H groups in total. The second kappa shape index (κ2) is 7.59. The Balaban J connectivity index is 2.73. The van der Waals surface area contributed by atoms with Crippen LogP contribution in [0.5, 0.6) is 0 Å². The monoisotopic (exact) mass is 302 g/mol. The summed E-state index contributed by atoms with van der Waals surface area (Å²) in [6.45, 7) is 24.8. The third-order valence-electron chi connectivity index (χ3n) is 4.51. The Hall–Kier alpha value is -1.61. The van der Waals surface area contributed by atoms with Gasteiger partial charge < -0.3 is 9.64 Å². The molecule has 1 fully saturated rings. The Labute approximate surface area is 135 Å². The van der Waals surface area contributed by atoms with E-state index >= 15 is 0 Å². The SMILES string of the molecule is C=C1COC(C)(CCN(CC)C(C)=NC(=C)/C(C)=C\C)C1=C. The fraction of sp³-hybridized carbons (Fsp3) is 0.526. The fourth-order valence-electron chi connectivity index (χ4n) is 2.44. The molecule has 1 atom stereocenters. The predicted molar refractivity (Wildman–Crippen MR) is 96.2 cm³/mol. The van der Waals surface area contributed by atoms with Gasteiger partial charge >= 0.3 is 0 Å². The maximum Gasteiger partial charge on any atom is 0.102 e. The van der Waals surface area contributed by atoms with Crippen LogP contribution < -0.4 is 0 Å². The lowest BCUT2D eigenvalue weighted by atomic mass is 9.91. The van der Waals surface area contributed by atoms with Crippen molar-refractivity contribution < 1.29 is 4.74 Å². The van der Waals surface area contributed by atoms with Gasteiger partial charge in [0.25, 0.3) is 0 Å². The van der Waals surface area contributed by atoms with Gasteiger partial charge in [0.1, 0.15) is 5.84 Å². The average Bonchev–Trinajstić information content (AvgIpc) is 2.75. The fourth-order valence-corrected chi connectivity index (χ4v) is 2.44. The number of hydrogen-bond donors (Lipinski definition) is 0. The van der Waals surface area contributed by atoms with Crippen molar-refractivity contribution in [3.63, 3.8) is 0 Å². The summed E-state index contributed by atoms with van der Waals surface area (Å²) in [6.07, 6.45) is 2.90. The highest BCUT2D eigenvalue weighted by Crippen LogP contribution is 2.35. The minimum absolute atomic E-state index is 0.305. The van der Waals surface area contributed by atoms with Gasteiger partial charge in [-0.15, -0.1) is 0 Å². The molecule has 0 aromatic rings. The summed E-state index contributed by atoms with van der Waals surface area (Å²) < 4.78 is 5.88. The summed E-state index contributed by atoms with van der Waals surface area (Å²) in [5, 5.41) is 0. The van der Waals surface area contributed by atoms with Gasteiger partial charge in [0.05, 0.1) is 17.9 Å². The molecule has 1 aliphatic rings. The summed E-state index contributed by atoms with van der Waals surface area (Å²) in [5.74, 6) is 0.986. The molecule has 0 aromatic heterocycles. The number of aliphatic imine (C=N–C) groups is 1. The van der Waals surface area contributed by atoms with Gasteiger partial charge in [-0.25, -0.2) is 4.99 Å². The van der Waals surface area contributed by atoms with Crippen molar-refractivity contribution in [3.8, 4) is 0 Å². The summed E-state index contributed by atoms with van der Waals surface area (Å²) in [5.41, 5.74) is 3.65. The van der Waals surface area contributed by atoms with E-state index in [1.807, 2.05) is 26.8 Å². The van der Waals surface area contributed by atoms with E-state index in [1.165, 1.54) is 0 Å². The zero-order chi connectivity index (χ0) is 16.9. The van der Waals surface area contributed by atoms with Crippen LogP contribution in [-0.4, -0.2) is 36.0 Å². The summed E-state index contributed by atoms with van der Waals surface area (Å²) >= 11 is 0. The van der Waals surface area contributed by atoms with Crippen LogP contribution in [0, 0.1) is 0 Å². The molecule has 22 heavy (non-hydrogen) atoms. The highest BCUT2D eigenvalue weighted by Gasteiger charge is 2.36. The second-order valence-electron chi connectivity index (χ2n) is 6.01. The van der Waals surface area contributed by atoms with E-state index in [1.54, 1.807) is 0 Å². The molecule has 0 aromatic carbocycles. The van der Waals surface area contributed by atoms with Crippen LogP contribution in [0.1, 0.15) is 41.0 Å². The maximum atomic E-state index is 5.88. The Kier molecular flexibility index (Phi) is 6.36. The molecule has 0 radical (unpaired) electrons. The van der Waals surface area contributed by atoms with Gasteiger partial charge in [-0.05, 0) is 57.8 Å². The van der Waals surface area contributed by atoms with Crippen LogP contribution in [-0.2, 0) is 4.74 Å². The smallest absolute Gasteiger partial charge is 0.102 e. The summed E-state index contributed by atoms with van der Waals surface area (Å²) in [6, 6.07) is 0. The van der Waals surface area contributed by atoms with Crippen LogP contribution in [0.2, 0.25) is 0 Å². The largest absolute Gasteiger partial charge is 0.366 e. The molecule has 1 heterocycles. The minimum Gasteiger partial charge on any atom is -0.366 e. The van der Waals surface area contributed by atoms with Gasteiger partial charge in [-0.1, -0.05) is 25.8 Å². The number of hydrogen-bond acceptors (Lipinski definition) is 2. The highest BCUT2D eigenvalue weighted by atomic mass is 16.5. The van der Waals surface area contributed by atoms with E-state index in [0.717, 1.165) is 47.8 Å². The number of nitrogens with zero attached hydrogens (tertiary/aromatic N) is 2. The van der Waals surface area contributed by atoms with E-state index in [4.69, 9.17) is 4.74 Å². The van der Waals surface area contributed by atoms with Crippen molar-refractivity contribution >= 4 is 5.84 Å². The topological polar surface area (TPSA) is 24.8 Å². The molecule has 1 saturated heterocycles. The van der Waals surface area contributed by atoms with E-state index in [2.05, 4.69) is 43.5 Å². The first-order valence-electron chi connectivity index (χ1n) is 7.89. The third kappa shape index (κ3) is 4.20. The zero-order valence-corrected chi connectivity index (χ0v) is 14.8. The van der Waals surface area contributed by atoms with Crippen molar-refractivity contribution in [1.29, 1.82) is 0 Å². The van der Waals surface area contributed by atoms with Crippen LogP contribution in [0.3, 0.4) is 0 Å². The number of rotatable bonds is 6. The quantitative estimate of drug-likeness (QED) is 0.410. The number of amidine groups is 1. The van der Waals surface area contributed by atoms with Gasteiger partial charge in [0.15, 0.2) is 0 Å². The van der Waals surface area contributed by atoms with E-state index in [9.17, 15) is 0 Å². The molecule has 0 saturated carbocycles. The molecular weight excluding hydrogens is 272 g/mol. The standard InChI is InChI=1S/C19H30N2O/c1-9-14(3)17(6)20-18(7)21(10-2)12-11-19(8)16(5)15(4)13-22-19/h9H,4-6,10-13H2,1-3,7-8H3/b14-9-,20-18?. The second-order valence-corrected chi connectivity index (χ2v) is 6.01. The molecular formula is C19H30N2O. The van der Waals surface area contributed by atoms with Gasteiger partial charge in [0.2, 0.25) is 0 Å². The average molecular weight is 302 g/mol. The Morgan fingerprint density at radius 3 is 2.50 bits per heavy atom. The van der Waals surface area contributed by atoms with E-state index in [0.29, 0.717) is 6.61 Å². The highest BCUT2D eigenvalue weighted by molar-refractivity contribution is 5.81. The molecule has 0 spiro atoms. The third-order valence-corrected chi connectivity index (χ3v) is 4.51. The van der Waals surface area contributed by atoms with Crippen LogP contribution in [0.25, 0.3) is 0 Å². The zero-order valence-electron chi connectivity index (χ0n) is 14.8. The minimum atomic E-state index is -0.305. The molecule has 0 bridgehead atoms. The lowest BCUT2D eigenvalue weighted by molar-refractivity contribution is 0.0319. The number of allylic oxidation sites excluding steroid dienone is 2. The van der Waals surface area contributed by atoms with Crippen molar-refractivity contribution in [2.75, 3.05) is 19.7 Å². The Morgan fingerprint density at radius 1 is 1.41 bits per heavy atom. The van der Waals surface area contributed by atoms with Crippen molar-refractivity contribution in [2.45, 2.75) is 46.6 Å². The molecule has 0 amide bonds. The lowest BCUT2D eigenvalue weighted by Crippen LogP contribution is -2.36. The normalized spacial score (nSPS) is 23.1. The molecule has 122 valence electrons.